The summed E-state index contributed by atoms with van der Waals surface area (Å²) in [5.74, 6) is 1.60. The number of amides is 1. The van der Waals surface area contributed by atoms with Crippen LogP contribution < -0.4 is 11.1 Å². The first-order chi connectivity index (χ1) is 8.24. The maximum absolute atomic E-state index is 11.6. The second-order valence-corrected chi connectivity index (χ2v) is 4.80. The molecule has 4 nitrogen and oxygen atoms in total. The third-order valence-electron chi connectivity index (χ3n) is 2.16. The summed E-state index contributed by atoms with van der Waals surface area (Å²) < 4.78 is 0. The normalized spacial score (nSPS) is 10.2. The molecule has 17 heavy (non-hydrogen) atoms. The van der Waals surface area contributed by atoms with E-state index in [1.807, 2.05) is 12.1 Å². The molecule has 0 aliphatic rings. The molecule has 0 heterocycles. The van der Waals surface area contributed by atoms with Gasteiger partial charge in [0.2, 0.25) is 5.91 Å². The minimum absolute atomic E-state index is 0.0208. The maximum Gasteiger partial charge on any atom is 0.224 e. The van der Waals surface area contributed by atoms with Gasteiger partial charge in [0.1, 0.15) is 0 Å². The number of nitrogen functional groups attached to an aromatic ring is 1. The summed E-state index contributed by atoms with van der Waals surface area (Å²) >= 11 is 1.65. The van der Waals surface area contributed by atoms with Crippen molar-refractivity contribution in [2.75, 3.05) is 29.2 Å². The largest absolute Gasteiger partial charge is 0.397 e. The number of benzene rings is 1. The van der Waals surface area contributed by atoms with Crippen LogP contribution in [0.2, 0.25) is 0 Å². The average Bonchev–Trinajstić information content (AvgIpc) is 2.32. The lowest BCUT2D eigenvalue weighted by molar-refractivity contribution is -0.116. The number of nitrogens with one attached hydrogen (secondary N) is 1. The second kappa shape index (κ2) is 7.97. The predicted molar refractivity (Wildman–Crippen MR) is 73.1 cm³/mol. The second-order valence-electron chi connectivity index (χ2n) is 3.57. The summed E-state index contributed by atoms with van der Waals surface area (Å²) in [6.07, 6.45) is 1.29. The van der Waals surface area contributed by atoms with E-state index in [0.29, 0.717) is 17.8 Å². The van der Waals surface area contributed by atoms with Crippen LogP contribution in [0.3, 0.4) is 0 Å². The van der Waals surface area contributed by atoms with E-state index in [2.05, 4.69) is 5.32 Å². The van der Waals surface area contributed by atoms with E-state index in [1.165, 1.54) is 0 Å². The number of thioether (sulfide) groups is 1. The average molecular weight is 254 g/mol. The van der Waals surface area contributed by atoms with Gasteiger partial charge in [-0.2, -0.15) is 11.8 Å². The number of rotatable bonds is 7. The Morgan fingerprint density at radius 1 is 1.35 bits per heavy atom. The highest BCUT2D eigenvalue weighted by atomic mass is 32.2. The van der Waals surface area contributed by atoms with Gasteiger partial charge < -0.3 is 16.2 Å². The summed E-state index contributed by atoms with van der Waals surface area (Å²) in [5, 5.41) is 11.4. The molecule has 4 N–H and O–H groups in total. The molecular formula is C12H18N2O2S. The molecule has 0 bridgehead atoms. The van der Waals surface area contributed by atoms with Gasteiger partial charge in [-0.15, -0.1) is 0 Å². The SMILES string of the molecule is Nc1ccccc1NC(=O)CCCSCCO. The van der Waals surface area contributed by atoms with Crippen LogP contribution in [0, 0.1) is 0 Å². The molecule has 1 amide bonds. The number of hydrogen-bond donors (Lipinski definition) is 3. The van der Waals surface area contributed by atoms with Gasteiger partial charge in [-0.05, 0) is 24.3 Å². The van der Waals surface area contributed by atoms with Crippen molar-refractivity contribution < 1.29 is 9.90 Å². The van der Waals surface area contributed by atoms with Crippen LogP contribution in [0.15, 0.2) is 24.3 Å². The molecule has 0 spiro atoms. The molecule has 0 unspecified atom stereocenters. The van der Waals surface area contributed by atoms with Crippen molar-refractivity contribution in [3.05, 3.63) is 24.3 Å². The Balaban J connectivity index is 2.23. The zero-order chi connectivity index (χ0) is 12.5. The first-order valence-electron chi connectivity index (χ1n) is 5.57. The number of aliphatic hydroxyl groups is 1. The summed E-state index contributed by atoms with van der Waals surface area (Å²) in [5.41, 5.74) is 6.96. The van der Waals surface area contributed by atoms with Crippen LogP contribution in [0.4, 0.5) is 11.4 Å². The molecule has 94 valence electrons. The molecule has 0 aliphatic heterocycles. The van der Waals surface area contributed by atoms with E-state index >= 15 is 0 Å². The molecule has 0 atom stereocenters. The smallest absolute Gasteiger partial charge is 0.224 e. The van der Waals surface area contributed by atoms with Crippen LogP contribution >= 0.6 is 11.8 Å². The molecule has 1 aromatic carbocycles. The number of hydrogen-bond acceptors (Lipinski definition) is 4. The first-order valence-corrected chi connectivity index (χ1v) is 6.72. The highest BCUT2D eigenvalue weighted by Gasteiger charge is 2.04. The third-order valence-corrected chi connectivity index (χ3v) is 3.21. The Kier molecular flexibility index (Phi) is 6.50. The van der Waals surface area contributed by atoms with Gasteiger partial charge in [-0.1, -0.05) is 12.1 Å². The van der Waals surface area contributed by atoms with Gasteiger partial charge >= 0.3 is 0 Å². The summed E-state index contributed by atoms with van der Waals surface area (Å²) in [7, 11) is 0. The van der Waals surface area contributed by atoms with Crippen molar-refractivity contribution in [2.24, 2.45) is 0 Å². The highest BCUT2D eigenvalue weighted by Crippen LogP contribution is 2.17. The quantitative estimate of drug-likeness (QED) is 0.511. The predicted octanol–water partition coefficient (Wildman–Crippen LogP) is 1.71. The number of anilines is 2. The Bertz CT molecular complexity index is 358. The highest BCUT2D eigenvalue weighted by molar-refractivity contribution is 7.99. The summed E-state index contributed by atoms with van der Waals surface area (Å²) in [6.45, 7) is 0.192. The van der Waals surface area contributed by atoms with E-state index in [1.54, 1.807) is 23.9 Å². The van der Waals surface area contributed by atoms with E-state index in [4.69, 9.17) is 10.8 Å². The fraction of sp³-hybridized carbons (Fsp3) is 0.417. The fourth-order valence-electron chi connectivity index (χ4n) is 1.32. The Labute approximate surface area is 106 Å². The molecule has 0 fully saturated rings. The summed E-state index contributed by atoms with van der Waals surface area (Å²) in [4.78, 5) is 11.6. The van der Waals surface area contributed by atoms with Crippen molar-refractivity contribution in [3.8, 4) is 0 Å². The van der Waals surface area contributed by atoms with Crippen LogP contribution in [0.1, 0.15) is 12.8 Å². The number of para-hydroxylation sites is 2. The minimum Gasteiger partial charge on any atom is -0.397 e. The van der Waals surface area contributed by atoms with Gasteiger partial charge in [0.05, 0.1) is 18.0 Å². The van der Waals surface area contributed by atoms with Gasteiger partial charge in [-0.25, -0.2) is 0 Å². The molecule has 0 saturated heterocycles. The molecular weight excluding hydrogens is 236 g/mol. The third kappa shape index (κ3) is 5.60. The standard InChI is InChI=1S/C12H18N2O2S/c13-10-4-1-2-5-11(10)14-12(16)6-3-8-17-9-7-15/h1-2,4-5,15H,3,6-9,13H2,(H,14,16). The Hall–Kier alpha value is -1.20. The minimum atomic E-state index is -0.0208. The van der Waals surface area contributed by atoms with Crippen LogP contribution in [-0.4, -0.2) is 29.1 Å². The van der Waals surface area contributed by atoms with Gasteiger partial charge in [0.15, 0.2) is 0 Å². The van der Waals surface area contributed by atoms with Crippen molar-refractivity contribution in [1.82, 2.24) is 0 Å². The Morgan fingerprint density at radius 3 is 2.82 bits per heavy atom. The van der Waals surface area contributed by atoms with Crippen molar-refractivity contribution in [2.45, 2.75) is 12.8 Å². The van der Waals surface area contributed by atoms with Crippen LogP contribution in [-0.2, 0) is 4.79 Å². The lowest BCUT2D eigenvalue weighted by Crippen LogP contribution is -2.12. The molecule has 0 saturated carbocycles. The van der Waals surface area contributed by atoms with Gasteiger partial charge in [0, 0.05) is 12.2 Å². The van der Waals surface area contributed by atoms with E-state index in [9.17, 15) is 4.79 Å². The number of aliphatic hydroxyl groups excluding tert-OH is 1. The molecule has 0 aliphatic carbocycles. The van der Waals surface area contributed by atoms with E-state index in [-0.39, 0.29) is 12.5 Å². The molecule has 1 rings (SSSR count). The van der Waals surface area contributed by atoms with Crippen molar-refractivity contribution in [3.63, 3.8) is 0 Å². The lowest BCUT2D eigenvalue weighted by atomic mass is 10.2. The zero-order valence-corrected chi connectivity index (χ0v) is 10.5. The number of carbonyl (C=O) groups excluding carboxylic acids is 1. The molecule has 1 aromatic rings. The zero-order valence-electron chi connectivity index (χ0n) is 9.69. The summed E-state index contributed by atoms with van der Waals surface area (Å²) in [6, 6.07) is 7.21. The van der Waals surface area contributed by atoms with Crippen LogP contribution in [0.25, 0.3) is 0 Å². The Morgan fingerprint density at radius 2 is 2.12 bits per heavy atom. The first kappa shape index (κ1) is 13.9. The fourth-order valence-corrected chi connectivity index (χ4v) is 2.01. The van der Waals surface area contributed by atoms with Crippen molar-refractivity contribution in [1.29, 1.82) is 0 Å². The van der Waals surface area contributed by atoms with Crippen molar-refractivity contribution >= 4 is 29.0 Å². The molecule has 0 aromatic heterocycles. The molecule has 0 radical (unpaired) electrons. The number of carbonyl (C=O) groups is 1. The lowest BCUT2D eigenvalue weighted by Gasteiger charge is -2.07. The topological polar surface area (TPSA) is 75.3 Å². The van der Waals surface area contributed by atoms with Crippen LogP contribution in [0.5, 0.6) is 0 Å². The van der Waals surface area contributed by atoms with E-state index in [0.717, 1.165) is 17.9 Å². The number of nitrogens with two attached hydrogens (primary N) is 1. The monoisotopic (exact) mass is 254 g/mol. The van der Waals surface area contributed by atoms with Gasteiger partial charge in [-0.3, -0.25) is 4.79 Å². The van der Waals surface area contributed by atoms with Gasteiger partial charge in [0.25, 0.3) is 0 Å². The van der Waals surface area contributed by atoms with E-state index < -0.39 is 0 Å². The molecule has 5 heteroatoms. The maximum atomic E-state index is 11.6.